The van der Waals surface area contributed by atoms with E-state index in [4.69, 9.17) is 0 Å². The predicted molar refractivity (Wildman–Crippen MR) is 69.3 cm³/mol. The second kappa shape index (κ2) is 5.20. The van der Waals surface area contributed by atoms with Crippen LogP contribution in [0.25, 0.3) is 0 Å². The van der Waals surface area contributed by atoms with Gasteiger partial charge in [0.2, 0.25) is 5.95 Å². The highest BCUT2D eigenvalue weighted by Crippen LogP contribution is 2.19. The van der Waals surface area contributed by atoms with Crippen molar-refractivity contribution in [3.63, 3.8) is 0 Å². The average molecular weight is 248 g/mol. The molecule has 0 radical (unpaired) electrons. The molecule has 1 aliphatic heterocycles. The molecule has 1 aliphatic carbocycles. The molecule has 5 nitrogen and oxygen atoms in total. The van der Waals surface area contributed by atoms with E-state index in [1.165, 1.54) is 12.8 Å². The molecule has 1 aromatic heterocycles. The monoisotopic (exact) mass is 248 g/mol. The Morgan fingerprint density at radius 1 is 1.28 bits per heavy atom. The van der Waals surface area contributed by atoms with Gasteiger partial charge >= 0.3 is 0 Å². The van der Waals surface area contributed by atoms with E-state index in [1.807, 2.05) is 12.4 Å². The highest BCUT2D eigenvalue weighted by molar-refractivity contribution is 5.30. The number of piperidine rings is 1. The van der Waals surface area contributed by atoms with Crippen LogP contribution in [-0.4, -0.2) is 40.3 Å². The SMILES string of the molecule is OC1CCCN(c2ncc(CNC3CC3)cn2)C1. The number of aliphatic hydroxyl groups is 1. The number of hydrogen-bond acceptors (Lipinski definition) is 5. The standard InChI is InChI=1S/C13H20N4O/c18-12-2-1-5-17(9-12)13-15-7-10(8-16-13)6-14-11-3-4-11/h7-8,11-12,14,18H,1-6,9H2. The Labute approximate surface area is 107 Å². The van der Waals surface area contributed by atoms with E-state index >= 15 is 0 Å². The van der Waals surface area contributed by atoms with Crippen LogP contribution in [0.4, 0.5) is 5.95 Å². The Kier molecular flexibility index (Phi) is 3.43. The smallest absolute Gasteiger partial charge is 0.225 e. The molecule has 1 saturated carbocycles. The zero-order chi connectivity index (χ0) is 12.4. The number of nitrogens with one attached hydrogen (secondary N) is 1. The predicted octanol–water partition coefficient (Wildman–Crippen LogP) is 0.690. The molecular formula is C13H20N4O. The molecule has 2 fully saturated rings. The second-order valence-corrected chi connectivity index (χ2v) is 5.29. The molecule has 2 heterocycles. The number of nitrogens with zero attached hydrogens (tertiary/aromatic N) is 3. The zero-order valence-corrected chi connectivity index (χ0v) is 10.5. The lowest BCUT2D eigenvalue weighted by molar-refractivity contribution is 0.153. The molecule has 1 saturated heterocycles. The fraction of sp³-hybridized carbons (Fsp3) is 0.692. The summed E-state index contributed by atoms with van der Waals surface area (Å²) >= 11 is 0. The van der Waals surface area contributed by atoms with E-state index in [-0.39, 0.29) is 6.10 Å². The maximum Gasteiger partial charge on any atom is 0.225 e. The third kappa shape index (κ3) is 2.97. The molecule has 0 aromatic carbocycles. The fourth-order valence-electron chi connectivity index (χ4n) is 2.29. The molecule has 1 atom stereocenters. The van der Waals surface area contributed by atoms with Gasteiger partial charge in [0.15, 0.2) is 0 Å². The lowest BCUT2D eigenvalue weighted by Crippen LogP contribution is -2.39. The van der Waals surface area contributed by atoms with Gasteiger partial charge in [0.05, 0.1) is 6.10 Å². The van der Waals surface area contributed by atoms with Crippen LogP contribution < -0.4 is 10.2 Å². The number of β-amino-alcohol motifs (C(OH)–C–C–N with tert-alkyl or cyclic N) is 1. The molecule has 2 aliphatic rings. The summed E-state index contributed by atoms with van der Waals surface area (Å²) in [6.45, 7) is 2.45. The Bertz CT molecular complexity index is 390. The minimum absolute atomic E-state index is 0.237. The summed E-state index contributed by atoms with van der Waals surface area (Å²) < 4.78 is 0. The van der Waals surface area contributed by atoms with Crippen molar-refractivity contribution in [3.8, 4) is 0 Å². The highest BCUT2D eigenvalue weighted by Gasteiger charge is 2.21. The summed E-state index contributed by atoms with van der Waals surface area (Å²) in [5, 5.41) is 13.1. The van der Waals surface area contributed by atoms with Gasteiger partial charge in [0.25, 0.3) is 0 Å². The summed E-state index contributed by atoms with van der Waals surface area (Å²) in [4.78, 5) is 10.9. The molecule has 2 N–H and O–H groups in total. The summed E-state index contributed by atoms with van der Waals surface area (Å²) in [6.07, 6.45) is 8.03. The first-order valence-electron chi connectivity index (χ1n) is 6.78. The number of hydrogen-bond donors (Lipinski definition) is 2. The molecule has 0 amide bonds. The molecule has 0 bridgehead atoms. The average Bonchev–Trinajstić information content (AvgIpc) is 3.21. The van der Waals surface area contributed by atoms with Gasteiger partial charge in [0, 0.05) is 43.6 Å². The van der Waals surface area contributed by atoms with Gasteiger partial charge in [-0.3, -0.25) is 0 Å². The normalized spacial score (nSPS) is 24.3. The van der Waals surface area contributed by atoms with Crippen LogP contribution in [0.3, 0.4) is 0 Å². The number of aromatic nitrogens is 2. The maximum absolute atomic E-state index is 9.64. The third-order valence-corrected chi connectivity index (χ3v) is 3.54. The molecule has 18 heavy (non-hydrogen) atoms. The Morgan fingerprint density at radius 2 is 2.06 bits per heavy atom. The summed E-state index contributed by atoms with van der Waals surface area (Å²) in [5.41, 5.74) is 1.13. The van der Waals surface area contributed by atoms with Crippen LogP contribution in [0.2, 0.25) is 0 Å². The maximum atomic E-state index is 9.64. The van der Waals surface area contributed by atoms with Crippen LogP contribution in [0.1, 0.15) is 31.2 Å². The topological polar surface area (TPSA) is 61.3 Å². The first-order chi connectivity index (χ1) is 8.81. The van der Waals surface area contributed by atoms with Crippen LogP contribution in [0, 0.1) is 0 Å². The van der Waals surface area contributed by atoms with Crippen molar-refractivity contribution in [3.05, 3.63) is 18.0 Å². The van der Waals surface area contributed by atoms with Crippen molar-refractivity contribution in [1.82, 2.24) is 15.3 Å². The molecule has 1 aromatic rings. The van der Waals surface area contributed by atoms with Crippen molar-refractivity contribution in [2.75, 3.05) is 18.0 Å². The fourth-order valence-corrected chi connectivity index (χ4v) is 2.29. The Hall–Kier alpha value is -1.20. The van der Waals surface area contributed by atoms with Crippen molar-refractivity contribution < 1.29 is 5.11 Å². The van der Waals surface area contributed by atoms with E-state index in [9.17, 15) is 5.11 Å². The second-order valence-electron chi connectivity index (χ2n) is 5.29. The van der Waals surface area contributed by atoms with Gasteiger partial charge in [0.1, 0.15) is 0 Å². The summed E-state index contributed by atoms with van der Waals surface area (Å²) in [5.74, 6) is 0.740. The first-order valence-corrected chi connectivity index (χ1v) is 6.78. The van der Waals surface area contributed by atoms with Gasteiger partial charge in [-0.1, -0.05) is 0 Å². The molecule has 0 spiro atoms. The molecule has 3 rings (SSSR count). The van der Waals surface area contributed by atoms with Gasteiger partial charge in [-0.15, -0.1) is 0 Å². The number of aliphatic hydroxyl groups excluding tert-OH is 1. The van der Waals surface area contributed by atoms with Crippen LogP contribution in [0.15, 0.2) is 12.4 Å². The largest absolute Gasteiger partial charge is 0.391 e. The third-order valence-electron chi connectivity index (χ3n) is 3.54. The van der Waals surface area contributed by atoms with Gasteiger partial charge in [-0.25, -0.2) is 9.97 Å². The number of rotatable bonds is 4. The van der Waals surface area contributed by atoms with Crippen LogP contribution in [0.5, 0.6) is 0 Å². The zero-order valence-electron chi connectivity index (χ0n) is 10.5. The summed E-state index contributed by atoms with van der Waals surface area (Å²) in [7, 11) is 0. The molecule has 5 heteroatoms. The molecule has 98 valence electrons. The van der Waals surface area contributed by atoms with Crippen molar-refractivity contribution >= 4 is 5.95 Å². The van der Waals surface area contributed by atoms with Gasteiger partial charge in [-0.2, -0.15) is 0 Å². The van der Waals surface area contributed by atoms with E-state index in [1.54, 1.807) is 0 Å². The molecular weight excluding hydrogens is 228 g/mol. The lowest BCUT2D eigenvalue weighted by Gasteiger charge is -2.29. The molecule has 1 unspecified atom stereocenters. The van der Waals surface area contributed by atoms with Crippen molar-refractivity contribution in [2.45, 2.75) is 44.4 Å². The Morgan fingerprint density at radius 3 is 2.72 bits per heavy atom. The van der Waals surface area contributed by atoms with E-state index in [2.05, 4.69) is 20.2 Å². The van der Waals surface area contributed by atoms with E-state index in [0.717, 1.165) is 37.4 Å². The Balaban J connectivity index is 1.58. The van der Waals surface area contributed by atoms with Crippen molar-refractivity contribution in [1.29, 1.82) is 0 Å². The van der Waals surface area contributed by atoms with Crippen LogP contribution >= 0.6 is 0 Å². The van der Waals surface area contributed by atoms with Crippen LogP contribution in [-0.2, 0) is 6.54 Å². The quantitative estimate of drug-likeness (QED) is 0.821. The number of anilines is 1. The lowest BCUT2D eigenvalue weighted by atomic mass is 10.1. The van der Waals surface area contributed by atoms with E-state index < -0.39 is 0 Å². The van der Waals surface area contributed by atoms with Gasteiger partial charge < -0.3 is 15.3 Å². The first kappa shape index (κ1) is 11.9. The van der Waals surface area contributed by atoms with Crippen molar-refractivity contribution in [2.24, 2.45) is 0 Å². The minimum Gasteiger partial charge on any atom is -0.391 e. The van der Waals surface area contributed by atoms with E-state index in [0.29, 0.717) is 12.6 Å². The highest BCUT2D eigenvalue weighted by atomic mass is 16.3. The van der Waals surface area contributed by atoms with Gasteiger partial charge in [-0.05, 0) is 25.7 Å². The minimum atomic E-state index is -0.237. The summed E-state index contributed by atoms with van der Waals surface area (Å²) in [6, 6.07) is 0.710.